The summed E-state index contributed by atoms with van der Waals surface area (Å²) in [6.45, 7) is 2.18. The zero-order valence-electron chi connectivity index (χ0n) is 14.6. The predicted molar refractivity (Wildman–Crippen MR) is 95.2 cm³/mol. The highest BCUT2D eigenvalue weighted by Gasteiger charge is 2.66. The molecular weight excluding hydrogens is 397 g/mol. The van der Waals surface area contributed by atoms with Crippen LogP contribution in [0.3, 0.4) is 0 Å². The van der Waals surface area contributed by atoms with Gasteiger partial charge in [0.25, 0.3) is 0 Å². The average Bonchev–Trinajstić information content (AvgIpc) is 3.15. The molecule has 0 saturated carbocycles. The summed E-state index contributed by atoms with van der Waals surface area (Å²) in [6.07, 6.45) is -5.27. The van der Waals surface area contributed by atoms with Gasteiger partial charge in [0.05, 0.1) is 17.5 Å². The maximum Gasteiger partial charge on any atom is 0.437 e. The minimum Gasteiger partial charge on any atom is -0.494 e. The second kappa shape index (κ2) is 7.44. The number of benzene rings is 1. The average molecular weight is 414 g/mol. The van der Waals surface area contributed by atoms with E-state index in [0.717, 1.165) is 11.3 Å². The van der Waals surface area contributed by atoms with Gasteiger partial charge in [-0.15, -0.1) is 11.3 Å². The highest BCUT2D eigenvalue weighted by atomic mass is 32.1. The van der Waals surface area contributed by atoms with Crippen LogP contribution >= 0.6 is 11.3 Å². The molecule has 0 aliphatic carbocycles. The molecule has 0 spiro atoms. The SMILES string of the molecule is CCOc1ccc(C2NC(=O)NC(O)(C(F)(F)F)C2C(=O)c2cccs2)cc1. The Balaban J connectivity index is 2.09. The fraction of sp³-hybridized carbons (Fsp3) is 0.333. The fourth-order valence-corrected chi connectivity index (χ4v) is 3.83. The second-order valence-electron chi connectivity index (χ2n) is 6.16. The minimum absolute atomic E-state index is 0.0431. The third-order valence-electron chi connectivity index (χ3n) is 4.40. The van der Waals surface area contributed by atoms with E-state index in [1.165, 1.54) is 41.7 Å². The number of rotatable bonds is 5. The topological polar surface area (TPSA) is 87.7 Å². The van der Waals surface area contributed by atoms with E-state index in [9.17, 15) is 27.9 Å². The number of hydrogen-bond donors (Lipinski definition) is 3. The van der Waals surface area contributed by atoms with Gasteiger partial charge in [-0.1, -0.05) is 18.2 Å². The number of thiophene rings is 1. The van der Waals surface area contributed by atoms with E-state index in [0.29, 0.717) is 12.4 Å². The van der Waals surface area contributed by atoms with Crippen LogP contribution in [0.25, 0.3) is 0 Å². The first-order valence-corrected chi connectivity index (χ1v) is 9.23. The molecule has 10 heteroatoms. The number of ketones is 1. The van der Waals surface area contributed by atoms with Gasteiger partial charge in [-0.05, 0) is 36.1 Å². The van der Waals surface area contributed by atoms with Crippen LogP contribution in [0.5, 0.6) is 5.75 Å². The van der Waals surface area contributed by atoms with E-state index in [-0.39, 0.29) is 10.4 Å². The molecule has 1 aromatic heterocycles. The number of amides is 2. The normalized spacial score (nSPS) is 25.0. The van der Waals surface area contributed by atoms with Gasteiger partial charge in [0, 0.05) is 0 Å². The van der Waals surface area contributed by atoms with Crippen LogP contribution < -0.4 is 15.4 Å². The molecule has 150 valence electrons. The Labute approximate surface area is 162 Å². The van der Waals surface area contributed by atoms with E-state index in [2.05, 4.69) is 5.32 Å². The Kier molecular flexibility index (Phi) is 5.35. The molecule has 3 unspecified atom stereocenters. The number of halogens is 3. The Morgan fingerprint density at radius 3 is 2.50 bits per heavy atom. The summed E-state index contributed by atoms with van der Waals surface area (Å²) in [5, 5.41) is 15.8. The van der Waals surface area contributed by atoms with Crippen molar-refractivity contribution in [3.63, 3.8) is 0 Å². The van der Waals surface area contributed by atoms with Crippen LogP contribution in [0, 0.1) is 5.92 Å². The molecule has 3 rings (SSSR count). The summed E-state index contributed by atoms with van der Waals surface area (Å²) in [4.78, 5) is 24.9. The molecule has 28 heavy (non-hydrogen) atoms. The third-order valence-corrected chi connectivity index (χ3v) is 5.29. The van der Waals surface area contributed by atoms with E-state index in [1.54, 1.807) is 12.3 Å². The molecule has 1 aliphatic rings. The highest BCUT2D eigenvalue weighted by molar-refractivity contribution is 7.12. The van der Waals surface area contributed by atoms with Crippen LogP contribution in [0.4, 0.5) is 18.0 Å². The first-order valence-electron chi connectivity index (χ1n) is 8.35. The van der Waals surface area contributed by atoms with Crippen molar-refractivity contribution < 1.29 is 32.6 Å². The number of carbonyl (C=O) groups is 2. The molecule has 1 aromatic carbocycles. The van der Waals surface area contributed by atoms with E-state index >= 15 is 0 Å². The first kappa shape index (κ1) is 20.2. The minimum atomic E-state index is -5.27. The molecule has 1 aliphatic heterocycles. The monoisotopic (exact) mass is 414 g/mol. The predicted octanol–water partition coefficient (Wildman–Crippen LogP) is 3.25. The lowest BCUT2D eigenvalue weighted by molar-refractivity contribution is -0.287. The molecule has 0 radical (unpaired) electrons. The van der Waals surface area contributed by atoms with Crippen LogP contribution in [-0.4, -0.2) is 35.4 Å². The Bertz CT molecular complexity index is 855. The molecule has 3 atom stereocenters. The van der Waals surface area contributed by atoms with Gasteiger partial charge in [-0.2, -0.15) is 13.2 Å². The summed E-state index contributed by atoms with van der Waals surface area (Å²) in [6, 6.07) is 6.21. The lowest BCUT2D eigenvalue weighted by atomic mass is 9.78. The summed E-state index contributed by atoms with van der Waals surface area (Å²) in [7, 11) is 0. The number of nitrogens with one attached hydrogen (secondary N) is 2. The number of ether oxygens (including phenoxy) is 1. The molecule has 1 fully saturated rings. The summed E-state index contributed by atoms with van der Waals surface area (Å²) in [5.41, 5.74) is -3.49. The van der Waals surface area contributed by atoms with Gasteiger partial charge in [-0.3, -0.25) is 4.79 Å². The lowest BCUT2D eigenvalue weighted by Gasteiger charge is -2.44. The summed E-state index contributed by atoms with van der Waals surface area (Å²) >= 11 is 0.955. The van der Waals surface area contributed by atoms with Crippen LogP contribution in [0.1, 0.15) is 28.2 Å². The van der Waals surface area contributed by atoms with Gasteiger partial charge in [0.2, 0.25) is 5.72 Å². The van der Waals surface area contributed by atoms with Crippen molar-refractivity contribution in [2.24, 2.45) is 5.92 Å². The molecule has 1 saturated heterocycles. The summed E-state index contributed by atoms with van der Waals surface area (Å²) < 4.78 is 46.5. The smallest absolute Gasteiger partial charge is 0.437 e. The van der Waals surface area contributed by atoms with Crippen LogP contribution in [0.2, 0.25) is 0 Å². The van der Waals surface area contributed by atoms with Gasteiger partial charge in [-0.25, -0.2) is 4.79 Å². The quantitative estimate of drug-likeness (QED) is 0.656. The van der Waals surface area contributed by atoms with Gasteiger partial charge in [0.15, 0.2) is 5.78 Å². The van der Waals surface area contributed by atoms with Gasteiger partial charge in [0.1, 0.15) is 11.7 Å². The largest absolute Gasteiger partial charge is 0.494 e. The Hall–Kier alpha value is -2.59. The van der Waals surface area contributed by atoms with Crippen molar-refractivity contribution in [1.82, 2.24) is 10.6 Å². The molecule has 0 bridgehead atoms. The fourth-order valence-electron chi connectivity index (χ4n) is 3.13. The highest BCUT2D eigenvalue weighted by Crippen LogP contribution is 2.44. The van der Waals surface area contributed by atoms with Crippen molar-refractivity contribution in [2.75, 3.05) is 6.61 Å². The van der Waals surface area contributed by atoms with Crippen molar-refractivity contribution >= 4 is 23.2 Å². The van der Waals surface area contributed by atoms with E-state index in [1.807, 2.05) is 0 Å². The molecule has 6 nitrogen and oxygen atoms in total. The molecule has 3 N–H and O–H groups in total. The van der Waals surface area contributed by atoms with Crippen molar-refractivity contribution in [3.05, 3.63) is 52.2 Å². The Morgan fingerprint density at radius 2 is 1.96 bits per heavy atom. The van der Waals surface area contributed by atoms with Crippen molar-refractivity contribution in [1.29, 1.82) is 0 Å². The number of carbonyl (C=O) groups excluding carboxylic acids is 2. The number of hydrogen-bond acceptors (Lipinski definition) is 5. The molecule has 2 heterocycles. The second-order valence-corrected chi connectivity index (χ2v) is 7.11. The van der Waals surface area contributed by atoms with Gasteiger partial charge < -0.3 is 20.5 Å². The molecule has 2 amide bonds. The number of Topliss-reactive ketones (excluding diaryl/α,β-unsaturated/α-hetero) is 1. The lowest BCUT2D eigenvalue weighted by Crippen LogP contribution is -2.72. The van der Waals surface area contributed by atoms with Crippen molar-refractivity contribution in [3.8, 4) is 5.75 Å². The molecular formula is C18H17F3N2O4S. The van der Waals surface area contributed by atoms with E-state index < -0.39 is 35.7 Å². The molecule has 2 aromatic rings. The van der Waals surface area contributed by atoms with Crippen LogP contribution in [0.15, 0.2) is 41.8 Å². The summed E-state index contributed by atoms with van der Waals surface area (Å²) in [5.74, 6) is -2.47. The van der Waals surface area contributed by atoms with E-state index in [4.69, 9.17) is 4.74 Å². The standard InChI is InChI=1S/C18H17F3N2O4S/c1-2-27-11-7-5-10(6-8-11)14-13(15(24)12-4-3-9-28-12)17(26,18(19,20)21)23-16(25)22-14/h3-9,13-14,26H,2H2,1H3,(H2,22,23,25). The maximum atomic E-state index is 13.7. The van der Waals surface area contributed by atoms with Gasteiger partial charge >= 0.3 is 12.2 Å². The number of urea groups is 1. The zero-order chi connectivity index (χ0) is 20.5. The zero-order valence-corrected chi connectivity index (χ0v) is 15.4. The van der Waals surface area contributed by atoms with Crippen molar-refractivity contribution in [2.45, 2.75) is 24.9 Å². The first-order chi connectivity index (χ1) is 13.2. The van der Waals surface area contributed by atoms with Crippen LogP contribution in [-0.2, 0) is 0 Å². The number of alkyl halides is 3. The Morgan fingerprint density at radius 1 is 1.29 bits per heavy atom. The number of aliphatic hydroxyl groups is 1. The maximum absolute atomic E-state index is 13.7. The third kappa shape index (κ3) is 3.57.